The van der Waals surface area contributed by atoms with E-state index in [-0.39, 0.29) is 24.4 Å². The molecule has 1 fully saturated rings. The number of rotatable bonds is 3. The second kappa shape index (κ2) is 6.18. The quantitative estimate of drug-likeness (QED) is 0.688. The fraction of sp³-hybridized carbons (Fsp3) is 0.875. The van der Waals surface area contributed by atoms with Crippen molar-refractivity contribution in [3.63, 3.8) is 0 Å². The van der Waals surface area contributed by atoms with Crippen molar-refractivity contribution in [2.45, 2.75) is 25.3 Å². The van der Waals surface area contributed by atoms with Crippen LogP contribution in [-0.4, -0.2) is 25.2 Å². The minimum atomic E-state index is -0.242. The number of nitrogens with two attached hydrogens (primary N) is 2. The van der Waals surface area contributed by atoms with Crippen molar-refractivity contribution in [2.24, 2.45) is 17.4 Å². The van der Waals surface area contributed by atoms with Gasteiger partial charge >= 0.3 is 0 Å². The smallest absolute Gasteiger partial charge is 0.217 e. The summed E-state index contributed by atoms with van der Waals surface area (Å²) in [6, 6.07) is 0.0816. The molecule has 0 aromatic rings. The monoisotopic (exact) mass is 208 g/mol. The number of carbonyl (C=O) groups excluding carboxylic acids is 1. The zero-order chi connectivity index (χ0) is 8.97. The van der Waals surface area contributed by atoms with Crippen LogP contribution in [0.3, 0.4) is 0 Å². The Labute approximate surface area is 84.4 Å². The van der Waals surface area contributed by atoms with Crippen LogP contribution >= 0.6 is 12.4 Å². The van der Waals surface area contributed by atoms with Gasteiger partial charge in [-0.15, -0.1) is 12.4 Å². The highest BCUT2D eigenvalue weighted by Gasteiger charge is 2.22. The van der Waals surface area contributed by atoms with Crippen LogP contribution in [0.1, 0.15) is 19.3 Å². The predicted octanol–water partition coefficient (Wildman–Crippen LogP) is 0.0375. The van der Waals surface area contributed by atoms with Gasteiger partial charge in [0.1, 0.15) is 0 Å². The van der Waals surface area contributed by atoms with E-state index in [2.05, 4.69) is 0 Å². The molecule has 4 nitrogen and oxygen atoms in total. The van der Waals surface area contributed by atoms with E-state index in [1.807, 2.05) is 0 Å². The molecule has 1 saturated heterocycles. The third-order valence-corrected chi connectivity index (χ3v) is 2.31. The van der Waals surface area contributed by atoms with Crippen molar-refractivity contribution in [3.05, 3.63) is 0 Å². The molecule has 78 valence electrons. The molecular weight excluding hydrogens is 192 g/mol. The van der Waals surface area contributed by atoms with Crippen LogP contribution in [-0.2, 0) is 9.53 Å². The Kier molecular flexibility index (Phi) is 6.03. The van der Waals surface area contributed by atoms with E-state index in [1.165, 1.54) is 0 Å². The highest BCUT2D eigenvalue weighted by Crippen LogP contribution is 2.18. The summed E-state index contributed by atoms with van der Waals surface area (Å²) in [5.41, 5.74) is 10.8. The Morgan fingerprint density at radius 1 is 1.54 bits per heavy atom. The number of hydrogen-bond acceptors (Lipinski definition) is 3. The first-order chi connectivity index (χ1) is 5.70. The average molecular weight is 209 g/mol. The summed E-state index contributed by atoms with van der Waals surface area (Å²) in [5, 5.41) is 0. The summed E-state index contributed by atoms with van der Waals surface area (Å²) in [4.78, 5) is 10.5. The zero-order valence-electron chi connectivity index (χ0n) is 7.57. The van der Waals surface area contributed by atoms with Gasteiger partial charge in [0.15, 0.2) is 0 Å². The van der Waals surface area contributed by atoms with Gasteiger partial charge in [0.2, 0.25) is 5.91 Å². The van der Waals surface area contributed by atoms with E-state index in [4.69, 9.17) is 16.2 Å². The molecule has 2 unspecified atom stereocenters. The summed E-state index contributed by atoms with van der Waals surface area (Å²) < 4.78 is 5.18. The van der Waals surface area contributed by atoms with Crippen LogP contribution in [0.4, 0.5) is 0 Å². The molecule has 4 N–H and O–H groups in total. The largest absolute Gasteiger partial charge is 0.380 e. The Morgan fingerprint density at radius 2 is 2.23 bits per heavy atom. The van der Waals surface area contributed by atoms with Crippen LogP contribution in [0.15, 0.2) is 0 Å². The Hall–Kier alpha value is -0.320. The third kappa shape index (κ3) is 4.45. The number of amides is 1. The van der Waals surface area contributed by atoms with Crippen molar-refractivity contribution < 1.29 is 9.53 Å². The van der Waals surface area contributed by atoms with Crippen LogP contribution < -0.4 is 11.5 Å². The summed E-state index contributed by atoms with van der Waals surface area (Å²) in [6.07, 6.45) is 2.20. The SMILES string of the molecule is Cl.NC(=O)CCC1CCOCC1N. The summed E-state index contributed by atoms with van der Waals surface area (Å²) in [6.45, 7) is 1.38. The lowest BCUT2D eigenvalue weighted by atomic mass is 9.91. The second-order valence-electron chi connectivity index (χ2n) is 3.29. The molecule has 1 rings (SSSR count). The van der Waals surface area contributed by atoms with Crippen molar-refractivity contribution >= 4 is 18.3 Å². The van der Waals surface area contributed by atoms with Gasteiger partial charge in [-0.05, 0) is 18.8 Å². The van der Waals surface area contributed by atoms with Gasteiger partial charge in [0.25, 0.3) is 0 Å². The first-order valence-corrected chi connectivity index (χ1v) is 4.32. The predicted molar refractivity (Wildman–Crippen MR) is 52.6 cm³/mol. The van der Waals surface area contributed by atoms with Crippen LogP contribution in [0.5, 0.6) is 0 Å². The minimum Gasteiger partial charge on any atom is -0.380 e. The molecule has 0 aliphatic carbocycles. The molecule has 0 aromatic heterocycles. The number of halogens is 1. The Balaban J connectivity index is 0.00000144. The molecule has 2 atom stereocenters. The third-order valence-electron chi connectivity index (χ3n) is 2.31. The van der Waals surface area contributed by atoms with Gasteiger partial charge in [0.05, 0.1) is 6.61 Å². The van der Waals surface area contributed by atoms with E-state index in [1.54, 1.807) is 0 Å². The van der Waals surface area contributed by atoms with E-state index in [0.717, 1.165) is 19.4 Å². The molecule has 0 bridgehead atoms. The molecule has 1 aliphatic rings. The van der Waals surface area contributed by atoms with Crippen LogP contribution in [0.2, 0.25) is 0 Å². The molecule has 1 heterocycles. The van der Waals surface area contributed by atoms with Crippen molar-refractivity contribution in [1.82, 2.24) is 0 Å². The summed E-state index contributed by atoms with van der Waals surface area (Å²) in [7, 11) is 0. The maximum atomic E-state index is 10.5. The van der Waals surface area contributed by atoms with Crippen molar-refractivity contribution in [3.8, 4) is 0 Å². The normalized spacial score (nSPS) is 27.8. The molecule has 0 spiro atoms. The van der Waals surface area contributed by atoms with Crippen molar-refractivity contribution in [1.29, 1.82) is 0 Å². The highest BCUT2D eigenvalue weighted by atomic mass is 35.5. The maximum Gasteiger partial charge on any atom is 0.217 e. The van der Waals surface area contributed by atoms with Gasteiger partial charge in [-0.1, -0.05) is 0 Å². The maximum absolute atomic E-state index is 10.5. The van der Waals surface area contributed by atoms with Gasteiger partial charge in [-0.2, -0.15) is 0 Å². The number of ether oxygens (including phenoxy) is 1. The lowest BCUT2D eigenvalue weighted by Crippen LogP contribution is -2.39. The van der Waals surface area contributed by atoms with E-state index in [0.29, 0.717) is 18.9 Å². The Morgan fingerprint density at radius 3 is 2.77 bits per heavy atom. The molecule has 0 saturated carbocycles. The fourth-order valence-electron chi connectivity index (χ4n) is 1.49. The Bertz CT molecular complexity index is 166. The van der Waals surface area contributed by atoms with E-state index < -0.39 is 0 Å². The molecule has 0 radical (unpaired) electrons. The molecule has 1 aliphatic heterocycles. The first-order valence-electron chi connectivity index (χ1n) is 4.32. The molecule has 0 aromatic carbocycles. The van der Waals surface area contributed by atoms with Crippen LogP contribution in [0, 0.1) is 5.92 Å². The van der Waals surface area contributed by atoms with E-state index >= 15 is 0 Å². The first kappa shape index (κ1) is 12.7. The number of hydrogen-bond donors (Lipinski definition) is 2. The van der Waals surface area contributed by atoms with Crippen molar-refractivity contribution in [2.75, 3.05) is 13.2 Å². The lowest BCUT2D eigenvalue weighted by molar-refractivity contribution is -0.118. The average Bonchev–Trinajstić information content (AvgIpc) is 2.03. The topological polar surface area (TPSA) is 78.3 Å². The summed E-state index contributed by atoms with van der Waals surface area (Å²) in [5.74, 6) is 0.167. The van der Waals surface area contributed by atoms with Gasteiger partial charge in [0, 0.05) is 19.1 Å². The molecule has 1 amide bonds. The molecule has 5 heteroatoms. The van der Waals surface area contributed by atoms with Gasteiger partial charge in [-0.3, -0.25) is 4.79 Å². The minimum absolute atomic E-state index is 0. The summed E-state index contributed by atoms with van der Waals surface area (Å²) >= 11 is 0. The standard InChI is InChI=1S/C8H16N2O2.ClH/c9-7-5-12-4-3-6(7)1-2-8(10)11;/h6-7H,1-5,9H2,(H2,10,11);1H. The highest BCUT2D eigenvalue weighted by molar-refractivity contribution is 5.85. The zero-order valence-corrected chi connectivity index (χ0v) is 8.39. The molecule has 13 heavy (non-hydrogen) atoms. The van der Waals surface area contributed by atoms with Gasteiger partial charge < -0.3 is 16.2 Å². The molecular formula is C8H17ClN2O2. The van der Waals surface area contributed by atoms with Crippen LogP contribution in [0.25, 0.3) is 0 Å². The number of primary amides is 1. The number of carbonyl (C=O) groups is 1. The second-order valence-corrected chi connectivity index (χ2v) is 3.29. The lowest BCUT2D eigenvalue weighted by Gasteiger charge is -2.28. The fourth-order valence-corrected chi connectivity index (χ4v) is 1.49. The van der Waals surface area contributed by atoms with Gasteiger partial charge in [-0.25, -0.2) is 0 Å². The van der Waals surface area contributed by atoms with E-state index in [9.17, 15) is 4.79 Å².